The second-order valence-corrected chi connectivity index (χ2v) is 6.85. The number of hydrogen-bond donors (Lipinski definition) is 0. The van der Waals surface area contributed by atoms with Gasteiger partial charge in [0, 0.05) is 5.56 Å². The predicted molar refractivity (Wildman–Crippen MR) is 97.3 cm³/mol. The molecule has 0 heterocycles. The van der Waals surface area contributed by atoms with Gasteiger partial charge in [-0.2, -0.15) is 23.3 Å². The van der Waals surface area contributed by atoms with Crippen molar-refractivity contribution in [3.05, 3.63) is 71.3 Å². The summed E-state index contributed by atoms with van der Waals surface area (Å²) >= 11 is 0. The lowest BCUT2D eigenvalue weighted by Crippen LogP contribution is -2.33. The van der Waals surface area contributed by atoms with Crippen LogP contribution in [-0.4, -0.2) is 22.9 Å². The molecule has 7 heteroatoms. The van der Waals surface area contributed by atoms with Gasteiger partial charge in [-0.15, -0.1) is 0 Å². The van der Waals surface area contributed by atoms with Crippen molar-refractivity contribution in [2.75, 3.05) is 0 Å². The number of ether oxygens (including phenoxy) is 1. The first kappa shape index (κ1) is 20.5. The highest BCUT2D eigenvalue weighted by Gasteiger charge is 2.32. The highest BCUT2D eigenvalue weighted by atomic mass is 19.4. The van der Waals surface area contributed by atoms with Crippen molar-refractivity contribution >= 4 is 12.3 Å². The summed E-state index contributed by atoms with van der Waals surface area (Å²) in [6.45, 7) is 5.18. The maximum atomic E-state index is 13.1. The fraction of sp³-hybridized carbons (Fsp3) is 0.300. The van der Waals surface area contributed by atoms with Crippen LogP contribution in [0.1, 0.15) is 37.5 Å². The van der Waals surface area contributed by atoms with Crippen LogP contribution in [0.4, 0.5) is 18.0 Å². The van der Waals surface area contributed by atoms with E-state index in [2.05, 4.69) is 5.10 Å². The van der Waals surface area contributed by atoms with Crippen molar-refractivity contribution < 1.29 is 22.7 Å². The molecule has 0 aliphatic rings. The molecule has 0 spiro atoms. The number of halogens is 3. The lowest BCUT2D eigenvalue weighted by atomic mass is 10.1. The van der Waals surface area contributed by atoms with Crippen molar-refractivity contribution in [1.29, 1.82) is 0 Å². The molecule has 0 aliphatic carbocycles. The van der Waals surface area contributed by atoms with E-state index in [-0.39, 0.29) is 12.1 Å². The molecule has 144 valence electrons. The zero-order chi connectivity index (χ0) is 20.1. The summed E-state index contributed by atoms with van der Waals surface area (Å²) in [6.07, 6.45) is -4.24. The second kappa shape index (κ2) is 8.24. The topological polar surface area (TPSA) is 41.9 Å². The number of nitrogens with zero attached hydrogens (tertiary/aromatic N) is 2. The van der Waals surface area contributed by atoms with Crippen molar-refractivity contribution in [3.8, 4) is 0 Å². The molecule has 0 saturated carbocycles. The molecule has 27 heavy (non-hydrogen) atoms. The van der Waals surface area contributed by atoms with Gasteiger partial charge in [-0.3, -0.25) is 0 Å². The van der Waals surface area contributed by atoms with E-state index in [0.717, 1.165) is 22.9 Å². The average molecular weight is 378 g/mol. The van der Waals surface area contributed by atoms with Crippen LogP contribution in [0.2, 0.25) is 0 Å². The van der Waals surface area contributed by atoms with E-state index in [1.54, 1.807) is 45.0 Å². The third-order valence-electron chi connectivity index (χ3n) is 3.38. The molecule has 0 radical (unpaired) electrons. The third kappa shape index (κ3) is 6.44. The summed E-state index contributed by atoms with van der Waals surface area (Å²) in [7, 11) is 0. The maximum absolute atomic E-state index is 13.1. The number of carbonyl (C=O) groups is 1. The number of hydrazone groups is 1. The molecule has 0 saturated heterocycles. The molecule has 0 aliphatic heterocycles. The van der Waals surface area contributed by atoms with E-state index >= 15 is 0 Å². The summed E-state index contributed by atoms with van der Waals surface area (Å²) in [4.78, 5) is 12.4. The average Bonchev–Trinajstić information content (AvgIpc) is 2.57. The van der Waals surface area contributed by atoms with Gasteiger partial charge in [0.15, 0.2) is 0 Å². The Labute approximate surface area is 156 Å². The standard InChI is InChI=1S/C20H21F3N2O2/c1-19(2,3)27-18(26)25(14-15-9-5-4-6-10-15)24-13-16-11-7-8-12-17(16)20(21,22)23/h4-13H,14H2,1-3H3/b24-13+. The molecule has 2 aromatic rings. The van der Waals surface area contributed by atoms with E-state index < -0.39 is 23.4 Å². The van der Waals surface area contributed by atoms with Crippen LogP contribution in [0, 0.1) is 0 Å². The SMILES string of the molecule is CC(C)(C)OC(=O)N(Cc1ccccc1)/N=C/c1ccccc1C(F)(F)F. The van der Waals surface area contributed by atoms with Gasteiger partial charge in [-0.05, 0) is 32.4 Å². The van der Waals surface area contributed by atoms with E-state index in [0.29, 0.717) is 0 Å². The monoisotopic (exact) mass is 378 g/mol. The lowest BCUT2D eigenvalue weighted by molar-refractivity contribution is -0.137. The van der Waals surface area contributed by atoms with Gasteiger partial charge in [0.2, 0.25) is 0 Å². The number of rotatable bonds is 4. The molecular weight excluding hydrogens is 357 g/mol. The molecule has 0 unspecified atom stereocenters. The minimum atomic E-state index is -4.52. The third-order valence-corrected chi connectivity index (χ3v) is 3.38. The Balaban J connectivity index is 2.31. The summed E-state index contributed by atoms with van der Waals surface area (Å²) < 4.78 is 44.7. The van der Waals surface area contributed by atoms with Gasteiger partial charge >= 0.3 is 12.3 Å². The Morgan fingerprint density at radius 1 is 1.04 bits per heavy atom. The molecule has 0 atom stereocenters. The van der Waals surface area contributed by atoms with Crippen LogP contribution in [-0.2, 0) is 17.5 Å². The Bertz CT molecular complexity index is 797. The number of alkyl halides is 3. The number of benzene rings is 2. The normalized spacial score (nSPS) is 12.2. The van der Waals surface area contributed by atoms with Crippen LogP contribution in [0.5, 0.6) is 0 Å². The fourth-order valence-corrected chi connectivity index (χ4v) is 2.22. The first-order valence-corrected chi connectivity index (χ1v) is 8.31. The van der Waals surface area contributed by atoms with Crippen molar-refractivity contribution in [2.24, 2.45) is 5.10 Å². The van der Waals surface area contributed by atoms with Crippen molar-refractivity contribution in [1.82, 2.24) is 5.01 Å². The molecule has 0 fully saturated rings. The molecular formula is C20H21F3N2O2. The van der Waals surface area contributed by atoms with Crippen molar-refractivity contribution in [2.45, 2.75) is 39.1 Å². The fourth-order valence-electron chi connectivity index (χ4n) is 2.22. The van der Waals surface area contributed by atoms with Crippen molar-refractivity contribution in [3.63, 3.8) is 0 Å². The minimum Gasteiger partial charge on any atom is -0.442 e. The first-order chi connectivity index (χ1) is 12.6. The van der Waals surface area contributed by atoms with Crippen LogP contribution in [0.15, 0.2) is 59.7 Å². The predicted octanol–water partition coefficient (Wildman–Crippen LogP) is 5.48. The summed E-state index contributed by atoms with van der Waals surface area (Å²) in [5.41, 5.74) is -0.945. The second-order valence-electron chi connectivity index (χ2n) is 6.85. The smallest absolute Gasteiger partial charge is 0.431 e. The van der Waals surface area contributed by atoms with Gasteiger partial charge in [0.25, 0.3) is 0 Å². The molecule has 2 aromatic carbocycles. The molecule has 0 N–H and O–H groups in total. The Morgan fingerprint density at radius 3 is 2.22 bits per heavy atom. The number of hydrogen-bond acceptors (Lipinski definition) is 3. The number of carbonyl (C=O) groups excluding carboxylic acids is 1. The highest BCUT2D eigenvalue weighted by Crippen LogP contribution is 2.31. The molecule has 4 nitrogen and oxygen atoms in total. The summed E-state index contributed by atoms with van der Waals surface area (Å²) in [5.74, 6) is 0. The van der Waals surface area contributed by atoms with Crippen LogP contribution in [0.25, 0.3) is 0 Å². The summed E-state index contributed by atoms with van der Waals surface area (Å²) in [6, 6.07) is 14.0. The van der Waals surface area contributed by atoms with Crippen LogP contribution in [0.3, 0.4) is 0 Å². The zero-order valence-electron chi connectivity index (χ0n) is 15.3. The number of amides is 1. The molecule has 2 rings (SSSR count). The first-order valence-electron chi connectivity index (χ1n) is 8.31. The Kier molecular flexibility index (Phi) is 6.25. The molecule has 1 amide bonds. The van der Waals surface area contributed by atoms with Gasteiger partial charge in [-0.1, -0.05) is 48.5 Å². The largest absolute Gasteiger partial charge is 0.442 e. The van der Waals surface area contributed by atoms with E-state index in [1.165, 1.54) is 18.2 Å². The lowest BCUT2D eigenvalue weighted by Gasteiger charge is -2.24. The van der Waals surface area contributed by atoms with E-state index in [1.807, 2.05) is 6.07 Å². The van der Waals surface area contributed by atoms with E-state index in [4.69, 9.17) is 4.74 Å². The van der Waals surface area contributed by atoms with Gasteiger partial charge in [-0.25, -0.2) is 4.79 Å². The minimum absolute atomic E-state index is 0.0699. The molecule has 0 bridgehead atoms. The van der Waals surface area contributed by atoms with Gasteiger partial charge in [0.05, 0.1) is 18.3 Å². The molecule has 0 aromatic heterocycles. The maximum Gasteiger partial charge on any atom is 0.431 e. The van der Waals surface area contributed by atoms with Crippen LogP contribution >= 0.6 is 0 Å². The highest BCUT2D eigenvalue weighted by molar-refractivity contribution is 5.83. The quantitative estimate of drug-likeness (QED) is 0.522. The van der Waals surface area contributed by atoms with E-state index in [9.17, 15) is 18.0 Å². The van der Waals surface area contributed by atoms with Crippen LogP contribution < -0.4 is 0 Å². The van der Waals surface area contributed by atoms with Gasteiger partial charge < -0.3 is 4.74 Å². The Hall–Kier alpha value is -2.83. The zero-order valence-corrected chi connectivity index (χ0v) is 15.3. The Morgan fingerprint density at radius 2 is 1.63 bits per heavy atom. The summed E-state index contributed by atoms with van der Waals surface area (Å²) in [5, 5.41) is 4.99. The van der Waals surface area contributed by atoms with Gasteiger partial charge in [0.1, 0.15) is 5.60 Å².